The zero-order valence-electron chi connectivity index (χ0n) is 10.00. The molecule has 1 aromatic carbocycles. The second-order valence-electron chi connectivity index (χ2n) is 3.98. The lowest BCUT2D eigenvalue weighted by atomic mass is 10.2. The van der Waals surface area contributed by atoms with Crippen LogP contribution in [0.1, 0.15) is 0 Å². The minimum absolute atomic E-state index is 0.0439. The molecule has 0 unspecified atom stereocenters. The normalized spacial score (nSPS) is 12.2. The number of nitrogens with one attached hydrogen (secondary N) is 1. The summed E-state index contributed by atoms with van der Waals surface area (Å²) < 4.78 is 10.4. The lowest BCUT2D eigenvalue weighted by molar-refractivity contribution is -0.384. The number of anilines is 2. The fraction of sp³-hybridized carbons (Fsp3) is 0.0833. The number of rotatable bonds is 3. The topological polar surface area (TPSA) is 86.5 Å². The van der Waals surface area contributed by atoms with E-state index < -0.39 is 4.92 Å². The first-order valence-electron chi connectivity index (χ1n) is 5.60. The van der Waals surface area contributed by atoms with E-state index in [0.717, 1.165) is 0 Å². The Labute approximate surface area is 118 Å². The first-order valence-corrected chi connectivity index (χ1v) is 5.98. The molecule has 0 saturated heterocycles. The highest BCUT2D eigenvalue weighted by molar-refractivity contribution is 6.29. The van der Waals surface area contributed by atoms with Crippen molar-refractivity contribution in [3.63, 3.8) is 0 Å². The molecule has 0 amide bonds. The van der Waals surface area contributed by atoms with Gasteiger partial charge in [0, 0.05) is 11.8 Å². The number of ether oxygens (including phenoxy) is 2. The Kier molecular flexibility index (Phi) is 3.03. The summed E-state index contributed by atoms with van der Waals surface area (Å²) in [5, 5.41) is 13.7. The minimum atomic E-state index is -0.529. The molecular weight excluding hydrogens is 286 g/mol. The molecule has 0 fully saturated rings. The van der Waals surface area contributed by atoms with Crippen LogP contribution in [0.2, 0.25) is 5.15 Å². The summed E-state index contributed by atoms with van der Waals surface area (Å²) in [4.78, 5) is 14.2. The van der Waals surface area contributed by atoms with Crippen LogP contribution in [0.15, 0.2) is 30.3 Å². The fourth-order valence-corrected chi connectivity index (χ4v) is 1.98. The molecule has 2 aromatic rings. The van der Waals surface area contributed by atoms with Crippen LogP contribution in [0.25, 0.3) is 0 Å². The van der Waals surface area contributed by atoms with Crippen molar-refractivity contribution in [2.24, 2.45) is 0 Å². The molecule has 0 radical (unpaired) electrons. The van der Waals surface area contributed by atoms with E-state index >= 15 is 0 Å². The quantitative estimate of drug-likeness (QED) is 0.531. The number of fused-ring (bicyclic) bond motifs is 1. The van der Waals surface area contributed by atoms with E-state index in [4.69, 9.17) is 21.1 Å². The van der Waals surface area contributed by atoms with Crippen molar-refractivity contribution in [3.8, 4) is 11.5 Å². The van der Waals surface area contributed by atoms with E-state index in [1.165, 1.54) is 12.1 Å². The lowest BCUT2D eigenvalue weighted by Gasteiger charge is -2.06. The molecule has 0 saturated carbocycles. The number of halogens is 1. The van der Waals surface area contributed by atoms with E-state index in [2.05, 4.69) is 10.3 Å². The monoisotopic (exact) mass is 293 g/mol. The summed E-state index contributed by atoms with van der Waals surface area (Å²) in [6.45, 7) is 0.180. The number of pyridine rings is 1. The van der Waals surface area contributed by atoms with Gasteiger partial charge < -0.3 is 14.8 Å². The molecule has 3 rings (SSSR count). The van der Waals surface area contributed by atoms with Gasteiger partial charge in [-0.3, -0.25) is 10.1 Å². The van der Waals surface area contributed by atoms with Crippen molar-refractivity contribution in [2.45, 2.75) is 0 Å². The van der Waals surface area contributed by atoms with Gasteiger partial charge in [0.05, 0.1) is 17.1 Å². The van der Waals surface area contributed by atoms with Gasteiger partial charge in [0.2, 0.25) is 6.79 Å². The Morgan fingerprint density at radius 3 is 2.85 bits per heavy atom. The molecule has 0 atom stereocenters. The maximum atomic E-state index is 10.8. The summed E-state index contributed by atoms with van der Waals surface area (Å²) in [5.74, 6) is 1.54. The van der Waals surface area contributed by atoms with E-state index in [0.29, 0.717) is 17.2 Å². The number of nitrogens with zero attached hydrogens (tertiary/aromatic N) is 2. The summed E-state index contributed by atoms with van der Waals surface area (Å²) >= 11 is 5.75. The number of hydrogen-bond acceptors (Lipinski definition) is 6. The molecule has 0 bridgehead atoms. The second kappa shape index (κ2) is 4.86. The van der Waals surface area contributed by atoms with Gasteiger partial charge >= 0.3 is 0 Å². The molecule has 1 aliphatic heterocycles. The third-order valence-corrected chi connectivity index (χ3v) is 2.83. The van der Waals surface area contributed by atoms with E-state index in [1.54, 1.807) is 18.2 Å². The van der Waals surface area contributed by atoms with Crippen molar-refractivity contribution >= 4 is 28.8 Å². The van der Waals surface area contributed by atoms with Gasteiger partial charge in [-0.2, -0.15) is 0 Å². The number of hydrogen-bond donors (Lipinski definition) is 1. The fourth-order valence-electron chi connectivity index (χ4n) is 1.78. The molecule has 1 aromatic heterocycles. The maximum absolute atomic E-state index is 10.8. The highest BCUT2D eigenvalue weighted by Gasteiger charge is 2.14. The van der Waals surface area contributed by atoms with Crippen LogP contribution in [0, 0.1) is 10.1 Å². The van der Waals surface area contributed by atoms with E-state index in [-0.39, 0.29) is 23.5 Å². The van der Waals surface area contributed by atoms with Gasteiger partial charge in [-0.05, 0) is 12.1 Å². The maximum Gasteiger partial charge on any atom is 0.276 e. The van der Waals surface area contributed by atoms with Gasteiger partial charge in [-0.1, -0.05) is 11.6 Å². The predicted molar refractivity (Wildman–Crippen MR) is 71.7 cm³/mol. The van der Waals surface area contributed by atoms with Crippen LogP contribution in [0.4, 0.5) is 17.2 Å². The lowest BCUT2D eigenvalue weighted by Crippen LogP contribution is -1.96. The third-order valence-electron chi connectivity index (χ3n) is 2.63. The van der Waals surface area contributed by atoms with Gasteiger partial charge in [0.15, 0.2) is 11.5 Å². The Balaban J connectivity index is 1.89. The van der Waals surface area contributed by atoms with Crippen molar-refractivity contribution in [3.05, 3.63) is 45.6 Å². The van der Waals surface area contributed by atoms with Crippen molar-refractivity contribution in [1.29, 1.82) is 0 Å². The third kappa shape index (κ3) is 2.43. The van der Waals surface area contributed by atoms with Gasteiger partial charge in [0.25, 0.3) is 5.69 Å². The van der Waals surface area contributed by atoms with E-state index in [9.17, 15) is 10.1 Å². The van der Waals surface area contributed by atoms with Crippen LogP contribution in [-0.2, 0) is 0 Å². The van der Waals surface area contributed by atoms with Gasteiger partial charge in [-0.15, -0.1) is 0 Å². The van der Waals surface area contributed by atoms with Crippen molar-refractivity contribution in [1.82, 2.24) is 4.98 Å². The Hall–Kier alpha value is -2.54. The first-order chi connectivity index (χ1) is 9.61. The SMILES string of the molecule is O=[N+]([O-])c1cc(Cl)nc(Nc2ccc3c(c2)OCO3)c1. The molecule has 2 heterocycles. The molecule has 0 aliphatic carbocycles. The summed E-state index contributed by atoms with van der Waals surface area (Å²) in [5.41, 5.74) is 0.534. The number of benzene rings is 1. The predicted octanol–water partition coefficient (Wildman–Crippen LogP) is 3.12. The van der Waals surface area contributed by atoms with Crippen molar-refractivity contribution in [2.75, 3.05) is 12.1 Å². The van der Waals surface area contributed by atoms with Crippen molar-refractivity contribution < 1.29 is 14.4 Å². The standard InChI is InChI=1S/C12H8ClN3O4/c13-11-4-8(16(17)18)5-12(15-11)14-7-1-2-9-10(3-7)20-6-19-9/h1-5H,6H2,(H,14,15). The smallest absolute Gasteiger partial charge is 0.276 e. The van der Waals surface area contributed by atoms with Gasteiger partial charge in [0.1, 0.15) is 11.0 Å². The van der Waals surface area contributed by atoms with Crippen LogP contribution in [0.5, 0.6) is 11.5 Å². The van der Waals surface area contributed by atoms with Crippen LogP contribution < -0.4 is 14.8 Å². The zero-order chi connectivity index (χ0) is 14.1. The molecule has 102 valence electrons. The van der Waals surface area contributed by atoms with E-state index in [1.807, 2.05) is 0 Å². The Morgan fingerprint density at radius 1 is 1.25 bits per heavy atom. The number of nitro groups is 1. The highest BCUT2D eigenvalue weighted by Crippen LogP contribution is 2.35. The molecule has 1 N–H and O–H groups in total. The number of aromatic nitrogens is 1. The Bertz CT molecular complexity index is 692. The average molecular weight is 294 g/mol. The van der Waals surface area contributed by atoms with Crippen LogP contribution >= 0.6 is 11.6 Å². The molecule has 8 heteroatoms. The molecule has 1 aliphatic rings. The summed E-state index contributed by atoms with van der Waals surface area (Å²) in [6, 6.07) is 7.70. The summed E-state index contributed by atoms with van der Waals surface area (Å²) in [7, 11) is 0. The molecule has 0 spiro atoms. The first kappa shape index (κ1) is 12.5. The largest absolute Gasteiger partial charge is 0.454 e. The average Bonchev–Trinajstić information content (AvgIpc) is 2.85. The zero-order valence-corrected chi connectivity index (χ0v) is 10.8. The van der Waals surface area contributed by atoms with Gasteiger partial charge in [-0.25, -0.2) is 4.98 Å². The highest BCUT2D eigenvalue weighted by atomic mass is 35.5. The molecule has 20 heavy (non-hydrogen) atoms. The van der Waals surface area contributed by atoms with Crippen LogP contribution in [0.3, 0.4) is 0 Å². The van der Waals surface area contributed by atoms with Crippen LogP contribution in [-0.4, -0.2) is 16.7 Å². The summed E-state index contributed by atoms with van der Waals surface area (Å²) in [6.07, 6.45) is 0. The Morgan fingerprint density at radius 2 is 2.05 bits per heavy atom. The molecule has 7 nitrogen and oxygen atoms in total. The minimum Gasteiger partial charge on any atom is -0.454 e. The second-order valence-corrected chi connectivity index (χ2v) is 4.37. The molecular formula is C12H8ClN3O4.